The van der Waals surface area contributed by atoms with E-state index in [4.69, 9.17) is 15.2 Å². The van der Waals surface area contributed by atoms with Crippen molar-refractivity contribution in [1.82, 2.24) is 19.8 Å². The van der Waals surface area contributed by atoms with Crippen LogP contribution in [0.4, 0.5) is 9.59 Å². The van der Waals surface area contributed by atoms with E-state index in [0.717, 1.165) is 31.2 Å². The molecule has 292 valence electrons. The molecule has 0 radical (unpaired) electrons. The highest BCUT2D eigenvalue weighted by Crippen LogP contribution is 2.42. The van der Waals surface area contributed by atoms with E-state index in [9.17, 15) is 32.4 Å². The number of nitrogens with zero attached hydrogens (tertiary/aromatic N) is 2. The minimum absolute atomic E-state index is 0.0160. The second-order valence-corrected chi connectivity index (χ2v) is 17.9. The van der Waals surface area contributed by atoms with Crippen molar-refractivity contribution in [2.45, 2.75) is 127 Å². The van der Waals surface area contributed by atoms with Crippen molar-refractivity contribution in [3.8, 4) is 0 Å². The van der Waals surface area contributed by atoms with Crippen LogP contribution in [0.2, 0.25) is 0 Å². The summed E-state index contributed by atoms with van der Waals surface area (Å²) in [7, 11) is -3.58. The minimum atomic E-state index is -3.58. The molecule has 0 aromatic heterocycles. The van der Waals surface area contributed by atoms with Crippen molar-refractivity contribution < 1.29 is 41.9 Å². The molecular weight excluding hydrogens is 703 g/mol. The minimum Gasteiger partial charge on any atom is -0.444 e. The zero-order valence-electron chi connectivity index (χ0n) is 31.3. The fourth-order valence-corrected chi connectivity index (χ4v) is 8.84. The number of nitrogens with two attached hydrogens (primary N) is 1. The zero-order chi connectivity index (χ0) is 38.5. The fourth-order valence-electron chi connectivity index (χ4n) is 7.50. The second-order valence-electron chi connectivity index (χ2n) is 16.0. The summed E-state index contributed by atoms with van der Waals surface area (Å²) < 4.78 is 38.0. The normalized spacial score (nSPS) is 24.9. The van der Waals surface area contributed by atoms with Crippen molar-refractivity contribution in [3.05, 3.63) is 47.5 Å². The first-order chi connectivity index (χ1) is 25.0. The first-order valence-electron chi connectivity index (χ1n) is 18.9. The molecule has 0 spiro atoms. The predicted octanol–water partition coefficient (Wildman–Crippen LogP) is 3.92. The Morgan fingerprint density at radius 1 is 1.04 bits per heavy atom. The number of carbonyl (C=O) groups is 5. The number of alkyl carbamates (subject to hydrolysis) is 1. The monoisotopic (exact) mass is 757 g/mol. The third kappa shape index (κ3) is 10.7. The van der Waals surface area contributed by atoms with E-state index in [1.54, 1.807) is 25.7 Å². The highest BCUT2D eigenvalue weighted by atomic mass is 32.2. The van der Waals surface area contributed by atoms with Gasteiger partial charge in [0, 0.05) is 25.4 Å². The van der Waals surface area contributed by atoms with Gasteiger partial charge < -0.3 is 30.3 Å². The molecule has 2 heterocycles. The van der Waals surface area contributed by atoms with Crippen LogP contribution >= 0.6 is 0 Å². The average Bonchev–Trinajstić information content (AvgIpc) is 3.86. The molecule has 1 aromatic rings. The number of likely N-dealkylation sites (tertiary alicyclic amines) is 1. The number of benzene rings is 1. The van der Waals surface area contributed by atoms with Crippen molar-refractivity contribution in [3.63, 3.8) is 0 Å². The Balaban J connectivity index is 1.13. The molecule has 15 heteroatoms. The number of hydrogen-bond acceptors (Lipinski definition) is 9. The molecule has 6 atom stereocenters. The van der Waals surface area contributed by atoms with E-state index >= 15 is 0 Å². The van der Waals surface area contributed by atoms with Crippen molar-refractivity contribution in [1.29, 1.82) is 0 Å². The molecule has 2 saturated carbocycles. The largest absolute Gasteiger partial charge is 0.444 e. The number of carbonyl (C=O) groups excluding carboxylic acids is 5. The lowest BCUT2D eigenvalue weighted by Gasteiger charge is -2.40. The SMILES string of the molecule is C[C@@H]1C[C@@H](/C=C\CCCCCC(NC(=O)OC(C)(C)C)C(=O)N2C[C@H](OC(=O)N3CCc4ccccc4C3)C[C@H]2C(N)=O)[C@H]1C(=O)NS(=O)(=O)C1CC1. The van der Waals surface area contributed by atoms with Crippen LogP contribution < -0.4 is 15.8 Å². The van der Waals surface area contributed by atoms with Gasteiger partial charge >= 0.3 is 12.2 Å². The van der Waals surface area contributed by atoms with Gasteiger partial charge in [0.25, 0.3) is 0 Å². The molecule has 4 aliphatic rings. The summed E-state index contributed by atoms with van der Waals surface area (Å²) in [5.74, 6) is -1.93. The van der Waals surface area contributed by atoms with Crippen molar-refractivity contribution in [2.24, 2.45) is 23.5 Å². The van der Waals surface area contributed by atoms with Gasteiger partial charge in [-0.15, -0.1) is 0 Å². The van der Waals surface area contributed by atoms with Gasteiger partial charge in [-0.2, -0.15) is 0 Å². The number of fused-ring (bicyclic) bond motifs is 1. The maximum absolute atomic E-state index is 14.0. The topological polar surface area (TPSA) is 195 Å². The number of rotatable bonds is 14. The number of ether oxygens (including phenoxy) is 2. The van der Waals surface area contributed by atoms with Gasteiger partial charge in [0.2, 0.25) is 27.7 Å². The van der Waals surface area contributed by atoms with E-state index in [1.165, 1.54) is 10.5 Å². The molecule has 2 aliphatic heterocycles. The van der Waals surface area contributed by atoms with E-state index in [-0.39, 0.29) is 37.1 Å². The fraction of sp³-hybridized carbons (Fsp3) is 0.658. The molecule has 1 unspecified atom stereocenters. The van der Waals surface area contributed by atoms with Gasteiger partial charge in [-0.25, -0.2) is 18.0 Å². The second kappa shape index (κ2) is 16.9. The first kappa shape index (κ1) is 40.1. The Labute approximate surface area is 312 Å². The van der Waals surface area contributed by atoms with Gasteiger partial charge in [-0.3, -0.25) is 19.1 Å². The number of sulfonamides is 1. The third-order valence-corrected chi connectivity index (χ3v) is 12.3. The van der Waals surface area contributed by atoms with Gasteiger partial charge in [-0.1, -0.05) is 56.2 Å². The zero-order valence-corrected chi connectivity index (χ0v) is 32.1. The Morgan fingerprint density at radius 2 is 1.75 bits per heavy atom. The lowest BCUT2D eigenvalue weighted by molar-refractivity contribution is -0.139. The molecule has 53 heavy (non-hydrogen) atoms. The molecule has 14 nitrogen and oxygen atoms in total. The molecule has 1 saturated heterocycles. The van der Waals surface area contributed by atoms with E-state index in [2.05, 4.69) is 10.0 Å². The predicted molar refractivity (Wildman–Crippen MR) is 196 cm³/mol. The van der Waals surface area contributed by atoms with E-state index in [1.807, 2.05) is 43.3 Å². The number of nitrogens with one attached hydrogen (secondary N) is 2. The van der Waals surface area contributed by atoms with Crippen molar-refractivity contribution in [2.75, 3.05) is 13.1 Å². The van der Waals surface area contributed by atoms with Gasteiger partial charge in [-0.05, 0) is 88.7 Å². The lowest BCUT2D eigenvalue weighted by atomic mass is 9.65. The van der Waals surface area contributed by atoms with Crippen LogP contribution in [0.15, 0.2) is 36.4 Å². The molecule has 4 N–H and O–H groups in total. The molecule has 3 fully saturated rings. The highest BCUT2D eigenvalue weighted by Gasteiger charge is 2.45. The summed E-state index contributed by atoms with van der Waals surface area (Å²) in [4.78, 5) is 68.1. The third-order valence-electron chi connectivity index (χ3n) is 10.5. The molecule has 5 amide bonds. The van der Waals surface area contributed by atoms with Crippen LogP contribution in [0.25, 0.3) is 0 Å². The lowest BCUT2D eigenvalue weighted by Crippen LogP contribution is -2.53. The Kier molecular flexibility index (Phi) is 12.8. The van der Waals surface area contributed by atoms with Crippen molar-refractivity contribution >= 4 is 39.9 Å². The van der Waals surface area contributed by atoms with Gasteiger partial charge in [0.1, 0.15) is 23.8 Å². The number of allylic oxidation sites excluding steroid dienone is 2. The highest BCUT2D eigenvalue weighted by molar-refractivity contribution is 7.90. The summed E-state index contributed by atoms with van der Waals surface area (Å²) in [6.45, 7) is 7.97. The van der Waals surface area contributed by atoms with Gasteiger partial charge in [0.15, 0.2) is 0 Å². The number of hydrogen-bond donors (Lipinski definition) is 3. The van der Waals surface area contributed by atoms with E-state index in [0.29, 0.717) is 38.8 Å². The molecule has 0 bridgehead atoms. The molecular formula is C38H55N5O9S. The Morgan fingerprint density at radius 3 is 2.42 bits per heavy atom. The summed E-state index contributed by atoms with van der Waals surface area (Å²) >= 11 is 0. The number of primary amides is 1. The standard InChI is InChI=1S/C38H55N5O9S/c1-24-20-26(32(24)34(45)41-53(49,50)29-16-17-29)13-8-6-5-7-9-15-30(40-36(47)52-38(2,3)4)35(46)43-23-28(21-31(43)33(39)44)51-37(48)42-19-18-25-12-10-11-14-27(25)22-42/h8,10-14,24,26,28-32H,5-7,9,15-23H2,1-4H3,(H2,39,44)(H,40,47)(H,41,45)/b13-8-/t24-,26-,28-,30?,31+,32+/m1/s1. The maximum Gasteiger partial charge on any atom is 0.410 e. The smallest absolute Gasteiger partial charge is 0.410 e. The maximum atomic E-state index is 14.0. The van der Waals surface area contributed by atoms with Crippen LogP contribution in [0.1, 0.15) is 96.6 Å². The number of amides is 5. The summed E-state index contributed by atoms with van der Waals surface area (Å²) in [6, 6.07) is 5.90. The molecule has 5 rings (SSSR count). The van der Waals surface area contributed by atoms with Crippen LogP contribution in [0, 0.1) is 17.8 Å². The number of unbranched alkanes of at least 4 members (excludes halogenated alkanes) is 3. The average molecular weight is 758 g/mol. The Hall–Kier alpha value is -4.14. The van der Waals surface area contributed by atoms with E-state index < -0.39 is 69.0 Å². The van der Waals surface area contributed by atoms with Gasteiger partial charge in [0.05, 0.1) is 11.8 Å². The summed E-state index contributed by atoms with van der Waals surface area (Å²) in [6.07, 6.45) is 7.83. The first-order valence-corrected chi connectivity index (χ1v) is 20.4. The summed E-state index contributed by atoms with van der Waals surface area (Å²) in [5.41, 5.74) is 7.16. The quantitative estimate of drug-likeness (QED) is 0.186. The Bertz CT molecular complexity index is 1670. The van der Waals surface area contributed by atoms with Crippen LogP contribution in [0.5, 0.6) is 0 Å². The molecule has 1 aromatic carbocycles. The van der Waals surface area contributed by atoms with Crippen LogP contribution in [0.3, 0.4) is 0 Å². The molecule has 2 aliphatic carbocycles. The summed E-state index contributed by atoms with van der Waals surface area (Å²) in [5, 5.41) is 2.24. The van der Waals surface area contributed by atoms with Crippen LogP contribution in [-0.4, -0.2) is 90.3 Å². The van der Waals surface area contributed by atoms with Crippen LogP contribution in [-0.2, 0) is 46.8 Å².